The number of hydrogen-bond acceptors (Lipinski definition) is 12. The Hall–Kier alpha value is -4.57. The van der Waals surface area contributed by atoms with Crippen LogP contribution < -0.4 is 20.3 Å². The number of oxime groups is 1. The second kappa shape index (κ2) is 13.6. The summed E-state index contributed by atoms with van der Waals surface area (Å²) in [6, 6.07) is 4.38. The number of nitrogens with one attached hydrogen (secondary N) is 2. The minimum absolute atomic E-state index is 0.0559. The van der Waals surface area contributed by atoms with E-state index in [1.54, 1.807) is 49.9 Å². The lowest BCUT2D eigenvalue weighted by molar-refractivity contribution is -0.689. The first kappa shape index (κ1) is 31.4. The first-order chi connectivity index (χ1) is 20.5. The van der Waals surface area contributed by atoms with Crippen LogP contribution in [0.1, 0.15) is 26.5 Å². The Bertz CT molecular complexity index is 1500. The van der Waals surface area contributed by atoms with Gasteiger partial charge in [0.2, 0.25) is 6.41 Å². The van der Waals surface area contributed by atoms with Crippen LogP contribution in [0, 0.1) is 0 Å². The maximum Gasteiger partial charge on any atom is 0.331 e. The molecule has 2 atom stereocenters. The maximum atomic E-state index is 13.3. The number of rotatable bonds is 12. The molecule has 16 heteroatoms. The number of nitrogens with zero attached hydrogens (tertiary/aromatic N) is 4. The zero-order valence-electron chi connectivity index (χ0n) is 23.3. The second-order valence-electron chi connectivity index (χ2n) is 10.1. The van der Waals surface area contributed by atoms with Crippen LogP contribution in [-0.4, -0.2) is 75.1 Å². The summed E-state index contributed by atoms with van der Waals surface area (Å²) in [5.41, 5.74) is -0.628. The number of hydrogen-bond donors (Lipinski definition) is 2. The number of carbonyl (C=O) groups excluding carboxylic acids is 5. The first-order valence-electron chi connectivity index (χ1n) is 12.9. The Labute approximate surface area is 254 Å². The van der Waals surface area contributed by atoms with Crippen LogP contribution in [-0.2, 0) is 40.1 Å². The number of aliphatic carboxylic acids is 1. The molecule has 2 aromatic rings. The molecule has 1 saturated heterocycles. The Morgan fingerprint density at radius 2 is 2.00 bits per heavy atom. The van der Waals surface area contributed by atoms with Crippen molar-refractivity contribution in [3.8, 4) is 0 Å². The molecule has 0 bridgehead atoms. The fourth-order valence-electron chi connectivity index (χ4n) is 4.09. The fourth-order valence-corrected chi connectivity index (χ4v) is 6.08. The molecule has 2 N–H and O–H groups in total. The molecular formula is C27H28N6O8S2. The van der Waals surface area contributed by atoms with E-state index in [0.29, 0.717) is 17.7 Å². The molecule has 0 spiro atoms. The normalized spacial score (nSPS) is 18.5. The van der Waals surface area contributed by atoms with E-state index in [1.807, 2.05) is 6.07 Å². The van der Waals surface area contributed by atoms with Gasteiger partial charge in [-0.1, -0.05) is 11.2 Å². The van der Waals surface area contributed by atoms with Crippen molar-refractivity contribution in [3.05, 3.63) is 65.1 Å². The standard InChI is InChI=1S/C27H28N6O8S2/c1-27(2,3)41-18(35)8-7-11-40-31-19(17-14-43-26(29-17)28-15-34)22(36)30-20-23(37)33-21(25(38)39)16(13-42-24(20)33)12-32-9-5-4-6-10-32/h4-10,14-15,20,24H,11-13H2,1-3H3,(H2-,28,29,30,34,36,38,39)/t20?,24-/m1/s1. The van der Waals surface area contributed by atoms with Crippen LogP contribution in [0.4, 0.5) is 5.13 Å². The molecule has 1 unspecified atom stereocenters. The van der Waals surface area contributed by atoms with Gasteiger partial charge in [-0.3, -0.25) is 19.3 Å². The zero-order valence-corrected chi connectivity index (χ0v) is 25.0. The maximum absolute atomic E-state index is 13.3. The largest absolute Gasteiger partial charge is 0.543 e. The molecule has 0 aromatic carbocycles. The van der Waals surface area contributed by atoms with Crippen molar-refractivity contribution >= 4 is 64.1 Å². The average molecular weight is 629 g/mol. The zero-order chi connectivity index (χ0) is 31.1. The third kappa shape index (κ3) is 7.84. The monoisotopic (exact) mass is 628 g/mol. The molecule has 0 aliphatic carbocycles. The molecule has 2 aromatic heterocycles. The molecule has 226 valence electrons. The number of ether oxygens (including phenoxy) is 1. The summed E-state index contributed by atoms with van der Waals surface area (Å²) >= 11 is 2.34. The highest BCUT2D eigenvalue weighted by molar-refractivity contribution is 8.00. The van der Waals surface area contributed by atoms with Crippen molar-refractivity contribution in [2.45, 2.75) is 44.3 Å². The van der Waals surface area contributed by atoms with E-state index in [2.05, 4.69) is 20.8 Å². The predicted molar refractivity (Wildman–Crippen MR) is 153 cm³/mol. The molecule has 0 radical (unpaired) electrons. The first-order valence-corrected chi connectivity index (χ1v) is 14.8. The van der Waals surface area contributed by atoms with E-state index in [9.17, 15) is 29.1 Å². The van der Waals surface area contributed by atoms with Crippen LogP contribution >= 0.6 is 23.1 Å². The topological polar surface area (TPSA) is 183 Å². The van der Waals surface area contributed by atoms with Gasteiger partial charge in [-0.15, -0.1) is 23.1 Å². The highest BCUT2D eigenvalue weighted by Gasteiger charge is 2.53. The number of carbonyl (C=O) groups is 5. The number of fused-ring (bicyclic) bond motifs is 1. The lowest BCUT2D eigenvalue weighted by atomic mass is 10.0. The van der Waals surface area contributed by atoms with E-state index in [-0.39, 0.29) is 35.4 Å². The fraction of sp³-hybridized carbons (Fsp3) is 0.333. The molecule has 14 nitrogen and oxygen atoms in total. The van der Waals surface area contributed by atoms with Crippen LogP contribution in [0.3, 0.4) is 0 Å². The SMILES string of the molecule is CC(C)(C)OC(=O)C=CCON=C(C(=O)NC1C(=O)N2C(C(=O)[O-])=C(C[n+]3ccccc3)CS[C@H]12)c1csc(NC=O)n1. The van der Waals surface area contributed by atoms with Gasteiger partial charge in [-0.05, 0) is 26.8 Å². The summed E-state index contributed by atoms with van der Waals surface area (Å²) in [6.45, 7) is 5.23. The third-order valence-electron chi connectivity index (χ3n) is 5.81. The smallest absolute Gasteiger partial charge is 0.331 e. The average Bonchev–Trinajstić information content (AvgIpc) is 3.41. The van der Waals surface area contributed by atoms with Crippen molar-refractivity contribution in [1.29, 1.82) is 0 Å². The van der Waals surface area contributed by atoms with Crippen LogP contribution in [0.15, 0.2) is 64.6 Å². The molecule has 4 heterocycles. The van der Waals surface area contributed by atoms with Gasteiger partial charge < -0.3 is 30.1 Å². The minimum atomic E-state index is -1.48. The van der Waals surface area contributed by atoms with E-state index >= 15 is 0 Å². The summed E-state index contributed by atoms with van der Waals surface area (Å²) in [4.78, 5) is 71.7. The van der Waals surface area contributed by atoms with Crippen molar-refractivity contribution < 1.29 is 43.2 Å². The van der Waals surface area contributed by atoms with Crippen molar-refractivity contribution in [2.24, 2.45) is 5.16 Å². The van der Waals surface area contributed by atoms with Crippen molar-refractivity contribution in [3.63, 3.8) is 0 Å². The summed E-state index contributed by atoms with van der Waals surface area (Å²) in [7, 11) is 0. The summed E-state index contributed by atoms with van der Waals surface area (Å²) in [6.07, 6.45) is 6.49. The molecule has 4 rings (SSSR count). The Balaban J connectivity index is 1.48. The number of esters is 1. The minimum Gasteiger partial charge on any atom is -0.543 e. The highest BCUT2D eigenvalue weighted by Crippen LogP contribution is 2.40. The quantitative estimate of drug-likeness (QED) is 0.0463. The van der Waals surface area contributed by atoms with Crippen molar-refractivity contribution in [1.82, 2.24) is 15.2 Å². The molecule has 43 heavy (non-hydrogen) atoms. The summed E-state index contributed by atoms with van der Waals surface area (Å²) < 4.78 is 6.95. The van der Waals surface area contributed by atoms with Gasteiger partial charge >= 0.3 is 5.97 Å². The highest BCUT2D eigenvalue weighted by atomic mass is 32.2. The summed E-state index contributed by atoms with van der Waals surface area (Å²) in [5.74, 6) is -3.21. The van der Waals surface area contributed by atoms with Crippen LogP contribution in [0.5, 0.6) is 0 Å². The van der Waals surface area contributed by atoms with E-state index < -0.39 is 40.8 Å². The summed E-state index contributed by atoms with van der Waals surface area (Å²) in [5, 5.41) is 21.9. The predicted octanol–water partition coefficient (Wildman–Crippen LogP) is -0.278. The van der Waals surface area contributed by atoms with Gasteiger partial charge in [0, 0.05) is 34.9 Å². The molecule has 1 fully saturated rings. The Morgan fingerprint density at radius 3 is 2.67 bits per heavy atom. The Morgan fingerprint density at radius 1 is 1.26 bits per heavy atom. The number of β-lactam (4-membered cyclic amide) rings is 1. The van der Waals surface area contributed by atoms with Crippen LogP contribution in [0.2, 0.25) is 0 Å². The number of thioether (sulfide) groups is 1. The number of carboxylic acids is 1. The Kier molecular flexibility index (Phi) is 9.92. The van der Waals surface area contributed by atoms with E-state index in [0.717, 1.165) is 22.3 Å². The number of carboxylic acid groups (broad SMARTS) is 1. The number of aromatic nitrogens is 2. The molecule has 0 saturated carbocycles. The van der Waals surface area contributed by atoms with Gasteiger partial charge in [0.1, 0.15) is 29.3 Å². The third-order valence-corrected chi connectivity index (χ3v) is 7.92. The van der Waals surface area contributed by atoms with Gasteiger partial charge in [0.25, 0.3) is 11.8 Å². The number of thiazole rings is 1. The molecule has 3 amide bonds. The van der Waals surface area contributed by atoms with Gasteiger partial charge in [-0.2, -0.15) is 0 Å². The molecule has 2 aliphatic heterocycles. The number of pyridine rings is 1. The number of amides is 3. The molecule has 2 aliphatic rings. The lowest BCUT2D eigenvalue weighted by Gasteiger charge is -2.50. The van der Waals surface area contributed by atoms with Gasteiger partial charge in [-0.25, -0.2) is 14.3 Å². The van der Waals surface area contributed by atoms with E-state index in [1.165, 1.54) is 23.2 Å². The lowest BCUT2D eigenvalue weighted by Crippen LogP contribution is -2.71. The van der Waals surface area contributed by atoms with E-state index in [4.69, 9.17) is 9.57 Å². The second-order valence-corrected chi connectivity index (χ2v) is 12.1. The van der Waals surface area contributed by atoms with Crippen LogP contribution in [0.25, 0.3) is 0 Å². The van der Waals surface area contributed by atoms with Gasteiger partial charge in [0.05, 0.1) is 11.7 Å². The van der Waals surface area contributed by atoms with Crippen molar-refractivity contribution in [2.75, 3.05) is 17.7 Å². The number of anilines is 1. The van der Waals surface area contributed by atoms with Gasteiger partial charge in [0.15, 0.2) is 29.8 Å². The molecular weight excluding hydrogens is 600 g/mol.